The van der Waals surface area contributed by atoms with Crippen molar-refractivity contribution < 1.29 is 9.30 Å². The second-order valence-corrected chi connectivity index (χ2v) is 6.71. The van der Waals surface area contributed by atoms with Crippen LogP contribution in [0.3, 0.4) is 0 Å². The SMILES string of the molecule is C[P+](=O)C1OC(Cn2ccc(=O)[nH]c2=O)CS1. The minimum absolute atomic E-state index is 0.146. The van der Waals surface area contributed by atoms with Gasteiger partial charge in [-0.1, -0.05) is 16.3 Å². The molecule has 1 aromatic heterocycles. The molecule has 2 heterocycles. The van der Waals surface area contributed by atoms with E-state index in [0.29, 0.717) is 12.3 Å². The molecule has 0 spiro atoms. The van der Waals surface area contributed by atoms with Crippen LogP contribution in [-0.2, 0) is 15.8 Å². The molecule has 92 valence electrons. The van der Waals surface area contributed by atoms with E-state index in [4.69, 9.17) is 4.74 Å². The number of aromatic nitrogens is 2. The highest BCUT2D eigenvalue weighted by Gasteiger charge is 2.36. The first kappa shape index (κ1) is 12.5. The number of rotatable bonds is 3. The van der Waals surface area contributed by atoms with Gasteiger partial charge in [0, 0.05) is 18.0 Å². The van der Waals surface area contributed by atoms with Crippen LogP contribution in [0.1, 0.15) is 0 Å². The normalized spacial score (nSPS) is 24.9. The van der Waals surface area contributed by atoms with E-state index in [1.54, 1.807) is 6.66 Å². The molecule has 3 unspecified atom stereocenters. The van der Waals surface area contributed by atoms with Gasteiger partial charge in [0.1, 0.15) is 6.66 Å². The average molecular weight is 275 g/mol. The number of aromatic amines is 1. The van der Waals surface area contributed by atoms with Gasteiger partial charge in [-0.2, -0.15) is 0 Å². The van der Waals surface area contributed by atoms with Crippen molar-refractivity contribution in [2.75, 3.05) is 12.4 Å². The molecule has 1 aliphatic rings. The lowest BCUT2D eigenvalue weighted by atomic mass is 10.4. The summed E-state index contributed by atoms with van der Waals surface area (Å²) in [6.45, 7) is 1.99. The van der Waals surface area contributed by atoms with E-state index in [-0.39, 0.29) is 11.3 Å². The van der Waals surface area contributed by atoms with Crippen LogP contribution in [0.4, 0.5) is 0 Å². The number of ether oxygens (including phenoxy) is 1. The molecule has 2 rings (SSSR count). The summed E-state index contributed by atoms with van der Waals surface area (Å²) in [4.78, 5) is 24.5. The molecule has 0 bridgehead atoms. The Morgan fingerprint density at radius 2 is 2.41 bits per heavy atom. The third-order valence-corrected chi connectivity index (χ3v) is 5.34. The smallest absolute Gasteiger partial charge is 0.321 e. The number of hydrogen-bond acceptors (Lipinski definition) is 5. The number of nitrogens with one attached hydrogen (secondary N) is 1. The van der Waals surface area contributed by atoms with E-state index in [2.05, 4.69) is 4.98 Å². The zero-order valence-corrected chi connectivity index (χ0v) is 10.9. The Bertz CT molecular complexity index is 540. The molecule has 1 N–H and O–H groups in total. The molecule has 0 saturated carbocycles. The highest BCUT2D eigenvalue weighted by atomic mass is 32.2. The lowest BCUT2D eigenvalue weighted by molar-refractivity contribution is 0.0891. The predicted octanol–water partition coefficient (Wildman–Crippen LogP) is 0.409. The minimum Gasteiger partial charge on any atom is -0.321 e. The molecule has 0 radical (unpaired) electrons. The van der Waals surface area contributed by atoms with Gasteiger partial charge in [0.05, 0.1) is 12.6 Å². The zero-order valence-electron chi connectivity index (χ0n) is 9.16. The van der Waals surface area contributed by atoms with Crippen LogP contribution in [0, 0.1) is 0 Å². The Kier molecular flexibility index (Phi) is 3.81. The Hall–Kier alpha value is -0.910. The maximum Gasteiger partial charge on any atom is 0.378 e. The minimum atomic E-state index is -1.37. The monoisotopic (exact) mass is 275 g/mol. The standard InChI is InChI=1S/C9H11N2O4PS/c1-16(14)9-15-6(5-17-9)4-11-3-2-7(12)10-8(11)13/h2-3,6,9H,4-5H2,1H3/p+1. The quantitative estimate of drug-likeness (QED) is 0.808. The maximum atomic E-state index is 11.4. The van der Waals surface area contributed by atoms with Crippen molar-refractivity contribution in [2.45, 2.75) is 17.8 Å². The van der Waals surface area contributed by atoms with Crippen molar-refractivity contribution >= 4 is 19.6 Å². The molecule has 17 heavy (non-hydrogen) atoms. The Morgan fingerprint density at radius 3 is 3.00 bits per heavy atom. The number of nitrogens with zero attached hydrogens (tertiary/aromatic N) is 1. The first-order valence-corrected chi connectivity index (χ1v) is 7.85. The highest BCUT2D eigenvalue weighted by Crippen LogP contribution is 2.40. The fourth-order valence-corrected chi connectivity index (χ4v) is 3.77. The first-order valence-electron chi connectivity index (χ1n) is 5.03. The Labute approximate surface area is 102 Å². The summed E-state index contributed by atoms with van der Waals surface area (Å²) in [6.07, 6.45) is 1.29. The van der Waals surface area contributed by atoms with E-state index >= 15 is 0 Å². The van der Waals surface area contributed by atoms with E-state index < -0.39 is 19.1 Å². The summed E-state index contributed by atoms with van der Waals surface area (Å²) < 4.78 is 18.2. The van der Waals surface area contributed by atoms with Gasteiger partial charge in [0.25, 0.3) is 5.56 Å². The molecule has 1 aliphatic heterocycles. The molecule has 8 heteroatoms. The molecular formula is C9H12N2O4PS+. The molecule has 1 aromatic rings. The molecule has 0 aromatic carbocycles. The van der Waals surface area contributed by atoms with E-state index in [1.165, 1.54) is 28.6 Å². The van der Waals surface area contributed by atoms with Crippen LogP contribution in [0.15, 0.2) is 21.9 Å². The zero-order chi connectivity index (χ0) is 12.4. The van der Waals surface area contributed by atoms with Crippen molar-refractivity contribution in [1.29, 1.82) is 0 Å². The van der Waals surface area contributed by atoms with E-state index in [1.807, 2.05) is 0 Å². The van der Waals surface area contributed by atoms with Gasteiger partial charge >= 0.3 is 18.7 Å². The molecule has 0 amide bonds. The highest BCUT2D eigenvalue weighted by molar-refractivity contribution is 8.04. The van der Waals surface area contributed by atoms with Crippen LogP contribution in [0.25, 0.3) is 0 Å². The van der Waals surface area contributed by atoms with Crippen molar-refractivity contribution in [3.05, 3.63) is 33.1 Å². The summed E-state index contributed by atoms with van der Waals surface area (Å²) in [6, 6.07) is 1.29. The molecule has 1 saturated heterocycles. The second kappa shape index (κ2) is 5.16. The summed E-state index contributed by atoms with van der Waals surface area (Å²) in [7, 11) is -1.37. The van der Waals surface area contributed by atoms with Gasteiger partial charge in [-0.3, -0.25) is 14.3 Å². The van der Waals surface area contributed by atoms with Crippen LogP contribution < -0.4 is 11.2 Å². The van der Waals surface area contributed by atoms with Crippen molar-refractivity contribution in [3.8, 4) is 0 Å². The lowest BCUT2D eigenvalue weighted by Gasteiger charge is -2.09. The van der Waals surface area contributed by atoms with Crippen LogP contribution in [0.2, 0.25) is 0 Å². The first-order chi connectivity index (χ1) is 8.06. The third-order valence-electron chi connectivity index (χ3n) is 2.33. The average Bonchev–Trinajstić information content (AvgIpc) is 2.71. The van der Waals surface area contributed by atoms with Crippen molar-refractivity contribution in [3.63, 3.8) is 0 Å². The van der Waals surface area contributed by atoms with Crippen molar-refractivity contribution in [1.82, 2.24) is 9.55 Å². The van der Waals surface area contributed by atoms with E-state index in [0.717, 1.165) is 0 Å². The van der Waals surface area contributed by atoms with Gasteiger partial charge in [-0.25, -0.2) is 4.79 Å². The molecule has 1 fully saturated rings. The summed E-state index contributed by atoms with van der Waals surface area (Å²) in [5.41, 5.74) is -0.863. The van der Waals surface area contributed by atoms with E-state index in [9.17, 15) is 14.2 Å². The topological polar surface area (TPSA) is 81.2 Å². The fourth-order valence-electron chi connectivity index (χ4n) is 1.53. The largest absolute Gasteiger partial charge is 0.378 e. The number of H-pyrrole nitrogens is 1. The lowest BCUT2D eigenvalue weighted by Crippen LogP contribution is -2.32. The molecule has 6 nitrogen and oxygen atoms in total. The third kappa shape index (κ3) is 3.06. The van der Waals surface area contributed by atoms with Gasteiger partial charge in [-0.15, -0.1) is 0 Å². The summed E-state index contributed by atoms with van der Waals surface area (Å²) in [5.74, 6) is 0.700. The van der Waals surface area contributed by atoms with Gasteiger partial charge in [0.15, 0.2) is 0 Å². The molecule has 0 aliphatic carbocycles. The number of thioether (sulfide) groups is 1. The van der Waals surface area contributed by atoms with Gasteiger partial charge < -0.3 is 4.74 Å². The van der Waals surface area contributed by atoms with Crippen LogP contribution >= 0.6 is 19.6 Å². The summed E-state index contributed by atoms with van der Waals surface area (Å²) in [5, 5.41) is -0.284. The van der Waals surface area contributed by atoms with Gasteiger partial charge in [0.2, 0.25) is 0 Å². The Balaban J connectivity index is 2.05. The fraction of sp³-hybridized carbons (Fsp3) is 0.556. The predicted molar refractivity (Wildman–Crippen MR) is 66.0 cm³/mol. The van der Waals surface area contributed by atoms with Crippen LogP contribution in [0.5, 0.6) is 0 Å². The second-order valence-electron chi connectivity index (χ2n) is 3.71. The summed E-state index contributed by atoms with van der Waals surface area (Å²) >= 11 is 1.49. The molecular weight excluding hydrogens is 263 g/mol. The van der Waals surface area contributed by atoms with Gasteiger partial charge in [-0.05, 0) is 0 Å². The number of hydrogen-bond donors (Lipinski definition) is 1. The van der Waals surface area contributed by atoms with Crippen molar-refractivity contribution in [2.24, 2.45) is 0 Å². The maximum absolute atomic E-state index is 11.4. The molecule has 3 atom stereocenters. The Morgan fingerprint density at radius 1 is 1.65 bits per heavy atom. The van der Waals surface area contributed by atoms with Crippen LogP contribution in [-0.4, -0.2) is 33.2 Å².